The first-order chi connectivity index (χ1) is 14.1. The SMILES string of the molecule is O=C(Nc1cccnc1)c1ccc2[nH]c(O)c(C3=Nc4ccccc4C3=O)c2c1. The number of rotatable bonds is 3. The predicted octanol–water partition coefficient (Wildman–Crippen LogP) is 3.84. The van der Waals surface area contributed by atoms with Crippen LogP contribution in [0.1, 0.15) is 26.3 Å². The van der Waals surface area contributed by atoms with E-state index < -0.39 is 0 Å². The van der Waals surface area contributed by atoms with Crippen molar-refractivity contribution in [2.75, 3.05) is 5.32 Å². The molecule has 1 amide bonds. The van der Waals surface area contributed by atoms with Crippen molar-refractivity contribution in [3.05, 3.63) is 83.7 Å². The van der Waals surface area contributed by atoms with Crippen LogP contribution in [0.25, 0.3) is 10.9 Å². The van der Waals surface area contributed by atoms with Gasteiger partial charge in [0.2, 0.25) is 5.78 Å². The van der Waals surface area contributed by atoms with E-state index in [0.717, 1.165) is 0 Å². The van der Waals surface area contributed by atoms with Crippen LogP contribution in [-0.2, 0) is 0 Å². The average Bonchev–Trinajstić information content (AvgIpc) is 3.24. The number of aliphatic imine (C=N–C) groups is 1. The Morgan fingerprint density at radius 1 is 1.07 bits per heavy atom. The first-order valence-electron chi connectivity index (χ1n) is 8.90. The molecule has 4 aromatic rings. The summed E-state index contributed by atoms with van der Waals surface area (Å²) in [5.41, 5.74) is 3.04. The summed E-state index contributed by atoms with van der Waals surface area (Å²) < 4.78 is 0. The summed E-state index contributed by atoms with van der Waals surface area (Å²) in [7, 11) is 0. The van der Waals surface area contributed by atoms with Crippen molar-refractivity contribution in [3.63, 3.8) is 0 Å². The van der Waals surface area contributed by atoms with Crippen LogP contribution in [0.5, 0.6) is 5.88 Å². The van der Waals surface area contributed by atoms with E-state index in [1.54, 1.807) is 67.0 Å². The van der Waals surface area contributed by atoms with Crippen molar-refractivity contribution >= 4 is 39.7 Å². The molecule has 29 heavy (non-hydrogen) atoms. The standard InChI is InChI=1S/C22H14N4O3/c27-20-14-5-1-2-6-16(14)25-19(20)18-15-10-12(7-8-17(15)26-22(18)29)21(28)24-13-4-3-9-23-11-13/h1-11,26,29H,(H,24,28). The zero-order valence-electron chi connectivity index (χ0n) is 15.0. The van der Waals surface area contributed by atoms with Crippen LogP contribution in [0.2, 0.25) is 0 Å². The van der Waals surface area contributed by atoms with Crippen LogP contribution in [-0.4, -0.2) is 32.5 Å². The fraction of sp³-hybridized carbons (Fsp3) is 0. The van der Waals surface area contributed by atoms with Crippen LogP contribution in [0.3, 0.4) is 0 Å². The third-order valence-corrected chi connectivity index (χ3v) is 4.79. The van der Waals surface area contributed by atoms with Crippen molar-refractivity contribution in [2.24, 2.45) is 4.99 Å². The lowest BCUT2D eigenvalue weighted by Crippen LogP contribution is -2.13. The Kier molecular flexibility index (Phi) is 3.74. The van der Waals surface area contributed by atoms with Crippen LogP contribution < -0.4 is 5.32 Å². The van der Waals surface area contributed by atoms with Gasteiger partial charge in [0.25, 0.3) is 5.91 Å². The normalized spacial score (nSPS) is 12.7. The van der Waals surface area contributed by atoms with Gasteiger partial charge in [-0.1, -0.05) is 12.1 Å². The molecule has 0 saturated heterocycles. The molecule has 0 aliphatic carbocycles. The number of para-hydroxylation sites is 1. The molecular formula is C22H14N4O3. The van der Waals surface area contributed by atoms with Crippen molar-refractivity contribution in [3.8, 4) is 5.88 Å². The van der Waals surface area contributed by atoms with Crippen molar-refractivity contribution < 1.29 is 14.7 Å². The minimum Gasteiger partial charge on any atom is -0.494 e. The summed E-state index contributed by atoms with van der Waals surface area (Å²) in [4.78, 5) is 36.7. The summed E-state index contributed by atoms with van der Waals surface area (Å²) in [5.74, 6) is -0.749. The summed E-state index contributed by atoms with van der Waals surface area (Å²) in [5, 5.41) is 13.8. The molecule has 0 fully saturated rings. The Morgan fingerprint density at radius 2 is 1.93 bits per heavy atom. The first-order valence-corrected chi connectivity index (χ1v) is 8.90. The highest BCUT2D eigenvalue weighted by atomic mass is 16.3. The quantitative estimate of drug-likeness (QED) is 0.500. The maximum absolute atomic E-state index is 12.8. The van der Waals surface area contributed by atoms with Crippen molar-refractivity contribution in [1.29, 1.82) is 0 Å². The van der Waals surface area contributed by atoms with E-state index in [-0.39, 0.29) is 28.8 Å². The Morgan fingerprint density at radius 3 is 2.72 bits per heavy atom. The number of fused-ring (bicyclic) bond motifs is 2. The lowest BCUT2D eigenvalue weighted by Gasteiger charge is -2.05. The molecule has 7 heteroatoms. The highest BCUT2D eigenvalue weighted by molar-refractivity contribution is 6.56. The number of benzene rings is 2. The van der Waals surface area contributed by atoms with Gasteiger partial charge in [0, 0.05) is 28.2 Å². The molecule has 0 spiro atoms. The van der Waals surface area contributed by atoms with Gasteiger partial charge in [0.05, 0.1) is 23.1 Å². The fourth-order valence-corrected chi connectivity index (χ4v) is 3.43. The second kappa shape index (κ2) is 6.42. The number of ketones is 1. The molecule has 7 nitrogen and oxygen atoms in total. The van der Waals surface area contributed by atoms with E-state index in [4.69, 9.17) is 0 Å². The van der Waals surface area contributed by atoms with E-state index in [0.29, 0.717) is 33.4 Å². The lowest BCUT2D eigenvalue weighted by atomic mass is 10.0. The minimum atomic E-state index is -0.325. The zero-order valence-corrected chi connectivity index (χ0v) is 15.0. The van der Waals surface area contributed by atoms with E-state index in [9.17, 15) is 14.7 Å². The highest BCUT2D eigenvalue weighted by Crippen LogP contribution is 2.35. The number of aromatic amines is 1. The molecule has 3 N–H and O–H groups in total. The van der Waals surface area contributed by atoms with Crippen LogP contribution in [0.15, 0.2) is 72.0 Å². The number of H-pyrrole nitrogens is 1. The van der Waals surface area contributed by atoms with E-state index in [2.05, 4.69) is 20.3 Å². The lowest BCUT2D eigenvalue weighted by molar-refractivity contribution is 0.102. The molecular weight excluding hydrogens is 368 g/mol. The van der Waals surface area contributed by atoms with Gasteiger partial charge in [-0.25, -0.2) is 4.99 Å². The van der Waals surface area contributed by atoms with Gasteiger partial charge in [-0.2, -0.15) is 0 Å². The Labute approximate surface area is 164 Å². The number of hydrogen-bond donors (Lipinski definition) is 3. The van der Waals surface area contributed by atoms with E-state index in [1.807, 2.05) is 0 Å². The monoisotopic (exact) mass is 382 g/mol. The van der Waals surface area contributed by atoms with Gasteiger partial charge in [0.1, 0.15) is 5.71 Å². The first kappa shape index (κ1) is 16.9. The molecule has 0 radical (unpaired) electrons. The Bertz CT molecular complexity index is 1320. The van der Waals surface area contributed by atoms with Gasteiger partial charge in [-0.3, -0.25) is 14.6 Å². The third-order valence-electron chi connectivity index (χ3n) is 4.79. The van der Waals surface area contributed by atoms with E-state index in [1.165, 1.54) is 0 Å². The Balaban J connectivity index is 1.57. The number of anilines is 1. The molecule has 1 aliphatic heterocycles. The number of amides is 1. The average molecular weight is 382 g/mol. The third kappa shape index (κ3) is 2.76. The fourth-order valence-electron chi connectivity index (χ4n) is 3.43. The number of hydrogen-bond acceptors (Lipinski definition) is 5. The maximum atomic E-state index is 12.8. The zero-order chi connectivity index (χ0) is 20.0. The molecule has 0 atom stereocenters. The second-order valence-electron chi connectivity index (χ2n) is 6.61. The molecule has 0 unspecified atom stereocenters. The number of nitrogens with one attached hydrogen (secondary N) is 2. The van der Waals surface area contributed by atoms with Crippen LogP contribution >= 0.6 is 0 Å². The van der Waals surface area contributed by atoms with Gasteiger partial charge < -0.3 is 15.4 Å². The van der Waals surface area contributed by atoms with Gasteiger partial charge in [-0.15, -0.1) is 0 Å². The van der Waals surface area contributed by atoms with Gasteiger partial charge in [-0.05, 0) is 42.5 Å². The molecule has 3 heterocycles. The molecule has 0 saturated carbocycles. The minimum absolute atomic E-state index is 0.153. The molecule has 1 aliphatic rings. The predicted molar refractivity (Wildman–Crippen MR) is 109 cm³/mol. The Hall–Kier alpha value is -4.26. The second-order valence-corrected chi connectivity index (χ2v) is 6.61. The molecule has 0 bridgehead atoms. The summed E-state index contributed by atoms with van der Waals surface area (Å²) >= 11 is 0. The smallest absolute Gasteiger partial charge is 0.255 e. The number of pyridine rings is 1. The van der Waals surface area contributed by atoms with Gasteiger partial charge >= 0.3 is 0 Å². The number of carbonyl (C=O) groups excluding carboxylic acids is 2. The molecule has 5 rings (SSSR count). The molecule has 2 aromatic heterocycles. The van der Waals surface area contributed by atoms with Crippen LogP contribution in [0.4, 0.5) is 11.4 Å². The van der Waals surface area contributed by atoms with E-state index >= 15 is 0 Å². The molecule has 140 valence electrons. The summed E-state index contributed by atoms with van der Waals surface area (Å²) in [6.45, 7) is 0. The van der Waals surface area contributed by atoms with Crippen molar-refractivity contribution in [1.82, 2.24) is 9.97 Å². The number of nitrogens with zero attached hydrogens (tertiary/aromatic N) is 2. The topological polar surface area (TPSA) is 107 Å². The molecule has 2 aromatic carbocycles. The van der Waals surface area contributed by atoms with Crippen molar-refractivity contribution in [2.45, 2.75) is 0 Å². The highest BCUT2D eigenvalue weighted by Gasteiger charge is 2.30. The maximum Gasteiger partial charge on any atom is 0.255 e. The number of aromatic hydroxyl groups is 1. The number of Topliss-reactive ketones (excluding diaryl/α,β-unsaturated/α-hetero) is 1. The summed E-state index contributed by atoms with van der Waals surface area (Å²) in [6.07, 6.45) is 3.17. The van der Waals surface area contributed by atoms with Crippen LogP contribution in [0, 0.1) is 0 Å². The largest absolute Gasteiger partial charge is 0.494 e. The summed E-state index contributed by atoms with van der Waals surface area (Å²) in [6, 6.07) is 15.4. The number of carbonyl (C=O) groups is 2. The van der Waals surface area contributed by atoms with Gasteiger partial charge in [0.15, 0.2) is 5.88 Å². The number of aromatic nitrogens is 2.